The maximum Gasteiger partial charge on any atom is 0.227 e. The molecule has 1 aliphatic rings. The van der Waals surface area contributed by atoms with Gasteiger partial charge in [-0.2, -0.15) is 4.98 Å². The largest absolute Gasteiger partial charge is 0.409 e. The monoisotopic (exact) mass is 253 g/mol. The minimum absolute atomic E-state index is 0.182. The highest BCUT2D eigenvalue weighted by Gasteiger charge is 2.42. The molecule has 1 saturated carbocycles. The molecule has 0 atom stereocenters. The molecule has 1 aliphatic carbocycles. The van der Waals surface area contributed by atoms with E-state index in [0.29, 0.717) is 24.0 Å². The smallest absolute Gasteiger partial charge is 0.227 e. The summed E-state index contributed by atoms with van der Waals surface area (Å²) in [5.74, 6) is 1.62. The van der Waals surface area contributed by atoms with Gasteiger partial charge in [-0.3, -0.25) is 0 Å². The number of hydrogen-bond acceptors (Lipinski definition) is 6. The second-order valence-corrected chi connectivity index (χ2v) is 4.93. The second kappa shape index (κ2) is 5.34. The molecule has 100 valence electrons. The van der Waals surface area contributed by atoms with Crippen molar-refractivity contribution in [1.29, 1.82) is 0 Å². The predicted octanol–water partition coefficient (Wildman–Crippen LogP) is 0.427. The van der Waals surface area contributed by atoms with Crippen LogP contribution in [0, 0.1) is 12.3 Å². The number of aromatic nitrogens is 2. The summed E-state index contributed by atoms with van der Waals surface area (Å²) in [5, 5.41) is 18.7. The molecule has 18 heavy (non-hydrogen) atoms. The number of rotatable bonds is 7. The molecule has 1 aromatic heterocycles. The molecular weight excluding hydrogens is 234 g/mol. The van der Waals surface area contributed by atoms with Gasteiger partial charge in [0.15, 0.2) is 5.82 Å². The zero-order valence-electron chi connectivity index (χ0n) is 10.5. The molecule has 0 unspecified atom stereocenters. The average Bonchev–Trinajstić information content (AvgIpc) is 2.98. The van der Waals surface area contributed by atoms with Gasteiger partial charge in [0.1, 0.15) is 5.84 Å². The van der Waals surface area contributed by atoms with Crippen LogP contribution in [0.5, 0.6) is 0 Å². The highest BCUT2D eigenvalue weighted by atomic mass is 16.5. The molecule has 1 fully saturated rings. The lowest BCUT2D eigenvalue weighted by atomic mass is 10.0. The minimum atomic E-state index is 0.182. The SMILES string of the molecule is Cc1noc(CCNCC2(CC(N)=NO)CC2)n1. The lowest BCUT2D eigenvalue weighted by molar-refractivity contribution is 0.314. The topological polar surface area (TPSA) is 110 Å². The van der Waals surface area contributed by atoms with Crippen molar-refractivity contribution in [2.45, 2.75) is 32.6 Å². The van der Waals surface area contributed by atoms with E-state index in [4.69, 9.17) is 15.5 Å². The Labute approximate surface area is 105 Å². The van der Waals surface area contributed by atoms with Crippen LogP contribution >= 0.6 is 0 Å². The summed E-state index contributed by atoms with van der Waals surface area (Å²) in [4.78, 5) is 4.13. The summed E-state index contributed by atoms with van der Waals surface area (Å²) < 4.78 is 5.02. The van der Waals surface area contributed by atoms with Crippen LogP contribution in [0.4, 0.5) is 0 Å². The van der Waals surface area contributed by atoms with E-state index in [9.17, 15) is 0 Å². The van der Waals surface area contributed by atoms with Gasteiger partial charge in [0.2, 0.25) is 5.89 Å². The van der Waals surface area contributed by atoms with Gasteiger partial charge in [-0.05, 0) is 25.2 Å². The van der Waals surface area contributed by atoms with E-state index in [-0.39, 0.29) is 5.41 Å². The molecule has 0 aromatic carbocycles. The molecule has 0 radical (unpaired) electrons. The summed E-state index contributed by atoms with van der Waals surface area (Å²) in [6, 6.07) is 0. The molecule has 1 aromatic rings. The summed E-state index contributed by atoms with van der Waals surface area (Å²) in [7, 11) is 0. The van der Waals surface area contributed by atoms with E-state index in [0.717, 1.165) is 32.4 Å². The molecule has 7 heteroatoms. The van der Waals surface area contributed by atoms with Crippen LogP contribution in [-0.2, 0) is 6.42 Å². The number of nitrogens with two attached hydrogens (primary N) is 1. The van der Waals surface area contributed by atoms with Gasteiger partial charge < -0.3 is 20.8 Å². The van der Waals surface area contributed by atoms with E-state index in [1.54, 1.807) is 6.92 Å². The average molecular weight is 253 g/mol. The fourth-order valence-electron chi connectivity index (χ4n) is 2.00. The van der Waals surface area contributed by atoms with Crippen molar-refractivity contribution in [3.63, 3.8) is 0 Å². The van der Waals surface area contributed by atoms with Crippen molar-refractivity contribution < 1.29 is 9.73 Å². The van der Waals surface area contributed by atoms with E-state index in [1.165, 1.54) is 0 Å². The first-order valence-electron chi connectivity index (χ1n) is 6.10. The molecule has 0 aliphatic heterocycles. The van der Waals surface area contributed by atoms with Crippen molar-refractivity contribution in [2.75, 3.05) is 13.1 Å². The standard InChI is InChI=1S/C11H19N5O2/c1-8-14-10(18-16-8)2-5-13-7-11(3-4-11)6-9(12)15-17/h13,17H,2-7H2,1H3,(H2,12,15). The number of hydrogen-bond donors (Lipinski definition) is 3. The second-order valence-electron chi connectivity index (χ2n) is 4.93. The van der Waals surface area contributed by atoms with Crippen LogP contribution in [-0.4, -0.2) is 34.3 Å². The van der Waals surface area contributed by atoms with Crippen LogP contribution < -0.4 is 11.1 Å². The molecule has 1 heterocycles. The van der Waals surface area contributed by atoms with Crippen LogP contribution in [0.25, 0.3) is 0 Å². The highest BCUT2D eigenvalue weighted by Crippen LogP contribution is 2.48. The summed E-state index contributed by atoms with van der Waals surface area (Å²) >= 11 is 0. The number of nitrogens with one attached hydrogen (secondary N) is 1. The summed E-state index contributed by atoms with van der Waals surface area (Å²) in [6.45, 7) is 3.46. The van der Waals surface area contributed by atoms with Gasteiger partial charge in [0, 0.05) is 25.9 Å². The molecular formula is C11H19N5O2. The number of nitrogens with zero attached hydrogens (tertiary/aromatic N) is 3. The molecule has 2 rings (SSSR count). The third kappa shape index (κ3) is 3.43. The fourth-order valence-corrected chi connectivity index (χ4v) is 2.00. The quantitative estimate of drug-likeness (QED) is 0.214. The van der Waals surface area contributed by atoms with Crippen LogP contribution in [0.15, 0.2) is 9.68 Å². The highest BCUT2D eigenvalue weighted by molar-refractivity contribution is 5.80. The molecule has 0 bridgehead atoms. The first-order chi connectivity index (χ1) is 8.63. The Kier molecular flexibility index (Phi) is 3.81. The summed E-state index contributed by atoms with van der Waals surface area (Å²) in [6.07, 6.45) is 3.61. The molecule has 0 saturated heterocycles. The third-order valence-electron chi connectivity index (χ3n) is 3.23. The van der Waals surface area contributed by atoms with Crippen LogP contribution in [0.2, 0.25) is 0 Å². The van der Waals surface area contributed by atoms with Gasteiger partial charge in [0.05, 0.1) is 0 Å². The van der Waals surface area contributed by atoms with Gasteiger partial charge in [-0.25, -0.2) is 0 Å². The van der Waals surface area contributed by atoms with E-state index in [2.05, 4.69) is 20.6 Å². The molecule has 7 nitrogen and oxygen atoms in total. The number of oxime groups is 1. The van der Waals surface area contributed by atoms with Gasteiger partial charge in [-0.1, -0.05) is 10.3 Å². The Balaban J connectivity index is 1.66. The molecule has 4 N–H and O–H groups in total. The zero-order valence-corrected chi connectivity index (χ0v) is 10.5. The lowest BCUT2D eigenvalue weighted by Crippen LogP contribution is -2.29. The third-order valence-corrected chi connectivity index (χ3v) is 3.23. The van der Waals surface area contributed by atoms with Crippen LogP contribution in [0.1, 0.15) is 31.0 Å². The number of aryl methyl sites for hydroxylation is 1. The Morgan fingerprint density at radius 2 is 2.39 bits per heavy atom. The first-order valence-corrected chi connectivity index (χ1v) is 6.10. The van der Waals surface area contributed by atoms with E-state index < -0.39 is 0 Å². The Hall–Kier alpha value is -1.63. The predicted molar refractivity (Wildman–Crippen MR) is 65.3 cm³/mol. The van der Waals surface area contributed by atoms with Crippen molar-refractivity contribution in [3.8, 4) is 0 Å². The fraction of sp³-hybridized carbons (Fsp3) is 0.727. The van der Waals surface area contributed by atoms with Gasteiger partial charge >= 0.3 is 0 Å². The maximum atomic E-state index is 8.56. The van der Waals surface area contributed by atoms with Gasteiger partial charge in [-0.15, -0.1) is 0 Å². The van der Waals surface area contributed by atoms with Crippen molar-refractivity contribution >= 4 is 5.84 Å². The Morgan fingerprint density at radius 3 is 2.94 bits per heavy atom. The van der Waals surface area contributed by atoms with Crippen LogP contribution in [0.3, 0.4) is 0 Å². The number of amidine groups is 1. The lowest BCUT2D eigenvalue weighted by Gasteiger charge is -2.14. The Morgan fingerprint density at radius 1 is 1.61 bits per heavy atom. The maximum absolute atomic E-state index is 8.56. The molecule has 0 spiro atoms. The first kappa shape index (κ1) is 12.8. The minimum Gasteiger partial charge on any atom is -0.409 e. The Bertz CT molecular complexity index is 425. The summed E-state index contributed by atoms with van der Waals surface area (Å²) in [5.41, 5.74) is 5.72. The van der Waals surface area contributed by atoms with E-state index >= 15 is 0 Å². The van der Waals surface area contributed by atoms with Crippen molar-refractivity contribution in [2.24, 2.45) is 16.3 Å². The van der Waals surface area contributed by atoms with Gasteiger partial charge in [0.25, 0.3) is 0 Å². The van der Waals surface area contributed by atoms with E-state index in [1.807, 2.05) is 0 Å². The molecule has 0 amide bonds. The van der Waals surface area contributed by atoms with Crippen molar-refractivity contribution in [1.82, 2.24) is 15.5 Å². The normalized spacial score (nSPS) is 17.9. The van der Waals surface area contributed by atoms with Crippen molar-refractivity contribution in [3.05, 3.63) is 11.7 Å². The zero-order chi connectivity index (χ0) is 13.0.